The number of hydrogen-bond donors (Lipinski definition) is 1. The number of benzene rings is 2. The molecule has 2 aromatic rings. The number of esters is 1. The summed E-state index contributed by atoms with van der Waals surface area (Å²) < 4.78 is 32.0. The van der Waals surface area contributed by atoms with Crippen LogP contribution in [0.15, 0.2) is 47.4 Å². The number of anilines is 1. The van der Waals surface area contributed by atoms with E-state index in [9.17, 15) is 18.0 Å². The number of hydrogen-bond acceptors (Lipinski definition) is 5. The van der Waals surface area contributed by atoms with Gasteiger partial charge in [0.25, 0.3) is 5.91 Å². The van der Waals surface area contributed by atoms with E-state index in [1.54, 1.807) is 0 Å². The number of rotatable bonds is 7. The van der Waals surface area contributed by atoms with Crippen LogP contribution in [0.2, 0.25) is 0 Å². The number of carbonyl (C=O) groups is 2. The minimum absolute atomic E-state index is 0.0507. The van der Waals surface area contributed by atoms with Crippen LogP contribution in [-0.2, 0) is 19.6 Å². The minimum atomic E-state index is -3.64. The van der Waals surface area contributed by atoms with Gasteiger partial charge in [0.1, 0.15) is 0 Å². The van der Waals surface area contributed by atoms with Crippen LogP contribution in [0.25, 0.3) is 0 Å². The Kier molecular flexibility index (Phi) is 7.12. The zero-order valence-electron chi connectivity index (χ0n) is 18.1. The highest BCUT2D eigenvalue weighted by Gasteiger charge is 2.27. The van der Waals surface area contributed by atoms with Gasteiger partial charge in [0, 0.05) is 18.8 Å². The third kappa shape index (κ3) is 5.32. The van der Waals surface area contributed by atoms with Crippen molar-refractivity contribution in [3.8, 4) is 0 Å². The van der Waals surface area contributed by atoms with Crippen LogP contribution in [0.5, 0.6) is 0 Å². The molecule has 1 saturated heterocycles. The maximum Gasteiger partial charge on any atom is 0.338 e. The summed E-state index contributed by atoms with van der Waals surface area (Å²) in [5.74, 6) is -0.981. The van der Waals surface area contributed by atoms with Crippen LogP contribution in [0.3, 0.4) is 0 Å². The number of nitrogens with zero attached hydrogens (tertiary/aromatic N) is 1. The van der Waals surface area contributed by atoms with Crippen molar-refractivity contribution in [2.75, 3.05) is 25.0 Å². The van der Waals surface area contributed by atoms with Gasteiger partial charge >= 0.3 is 5.97 Å². The fraction of sp³-hybridized carbons (Fsp3) is 0.391. The number of nitrogens with one attached hydrogen (secondary N) is 1. The molecule has 1 N–H and O–H groups in total. The van der Waals surface area contributed by atoms with Gasteiger partial charge in [-0.05, 0) is 55.0 Å². The summed E-state index contributed by atoms with van der Waals surface area (Å²) in [7, 11) is -3.64. The van der Waals surface area contributed by atoms with Crippen LogP contribution >= 0.6 is 0 Å². The monoisotopic (exact) mass is 444 g/mol. The van der Waals surface area contributed by atoms with Gasteiger partial charge in [0.05, 0.1) is 10.5 Å². The summed E-state index contributed by atoms with van der Waals surface area (Å²) in [6.07, 6.45) is 1.66. The second-order valence-electron chi connectivity index (χ2n) is 7.96. The Morgan fingerprint density at radius 1 is 1.10 bits per heavy atom. The summed E-state index contributed by atoms with van der Waals surface area (Å²) in [6, 6.07) is 11.5. The van der Waals surface area contributed by atoms with Gasteiger partial charge in [-0.15, -0.1) is 0 Å². The van der Waals surface area contributed by atoms with Gasteiger partial charge < -0.3 is 10.1 Å². The Labute approximate surface area is 183 Å². The Morgan fingerprint density at radius 3 is 2.45 bits per heavy atom. The number of para-hydroxylation sites is 1. The molecule has 8 heteroatoms. The van der Waals surface area contributed by atoms with E-state index >= 15 is 0 Å². The largest absolute Gasteiger partial charge is 0.452 e. The third-order valence-corrected chi connectivity index (χ3v) is 7.19. The van der Waals surface area contributed by atoms with Crippen molar-refractivity contribution in [3.05, 3.63) is 59.2 Å². The Bertz CT molecular complexity index is 1070. The highest BCUT2D eigenvalue weighted by atomic mass is 32.2. The van der Waals surface area contributed by atoms with E-state index in [1.165, 1.54) is 28.6 Å². The predicted octanol–water partition coefficient (Wildman–Crippen LogP) is 3.70. The number of aryl methyl sites for hydroxylation is 1. The molecule has 7 nitrogen and oxygen atoms in total. The molecule has 0 spiro atoms. The van der Waals surface area contributed by atoms with Crippen LogP contribution in [-0.4, -0.2) is 44.3 Å². The van der Waals surface area contributed by atoms with Crippen molar-refractivity contribution < 1.29 is 22.7 Å². The zero-order chi connectivity index (χ0) is 22.6. The lowest BCUT2D eigenvalue weighted by atomic mass is 9.98. The Morgan fingerprint density at radius 2 is 1.77 bits per heavy atom. The second kappa shape index (κ2) is 9.62. The summed E-state index contributed by atoms with van der Waals surface area (Å²) >= 11 is 0. The maximum atomic E-state index is 12.7. The molecule has 1 aliphatic heterocycles. The number of ether oxygens (including phenoxy) is 1. The molecular weight excluding hydrogens is 416 g/mol. The van der Waals surface area contributed by atoms with Gasteiger partial charge in [-0.1, -0.05) is 38.1 Å². The molecule has 0 unspecified atom stereocenters. The standard InChI is InChI=1S/C23H28N2O5S/c1-16(2)20-11-6-8-17(3)22(20)24-21(26)15-30-23(27)18-9-7-10-19(14-18)31(28,29)25-12-4-5-13-25/h6-11,14,16H,4-5,12-13,15H2,1-3H3,(H,24,26). The first-order chi connectivity index (χ1) is 14.7. The molecule has 31 heavy (non-hydrogen) atoms. The molecule has 0 saturated carbocycles. The van der Waals surface area contributed by atoms with E-state index in [2.05, 4.69) is 5.32 Å². The topological polar surface area (TPSA) is 92.8 Å². The summed E-state index contributed by atoms with van der Waals surface area (Å²) in [5.41, 5.74) is 2.73. The van der Waals surface area contributed by atoms with Gasteiger partial charge in [0.2, 0.25) is 10.0 Å². The van der Waals surface area contributed by atoms with E-state index in [4.69, 9.17) is 4.74 Å². The van der Waals surface area contributed by atoms with Crippen molar-refractivity contribution in [1.82, 2.24) is 4.31 Å². The van der Waals surface area contributed by atoms with E-state index in [1.807, 2.05) is 39.0 Å². The molecular formula is C23H28N2O5S. The molecule has 3 rings (SSSR count). The van der Waals surface area contributed by atoms with Gasteiger partial charge in [-0.3, -0.25) is 4.79 Å². The van der Waals surface area contributed by atoms with Crippen LogP contribution in [0, 0.1) is 6.92 Å². The average Bonchev–Trinajstić information content (AvgIpc) is 3.29. The van der Waals surface area contributed by atoms with Gasteiger partial charge in [-0.25, -0.2) is 13.2 Å². The van der Waals surface area contributed by atoms with Gasteiger partial charge in [0.15, 0.2) is 6.61 Å². The lowest BCUT2D eigenvalue weighted by Gasteiger charge is -2.17. The molecule has 1 aliphatic rings. The lowest BCUT2D eigenvalue weighted by Crippen LogP contribution is -2.28. The maximum absolute atomic E-state index is 12.7. The van der Waals surface area contributed by atoms with Crippen molar-refractivity contribution in [2.24, 2.45) is 0 Å². The second-order valence-corrected chi connectivity index (χ2v) is 9.90. The van der Waals surface area contributed by atoms with Crippen molar-refractivity contribution in [2.45, 2.75) is 44.4 Å². The van der Waals surface area contributed by atoms with Gasteiger partial charge in [-0.2, -0.15) is 4.31 Å². The number of amides is 1. The highest BCUT2D eigenvalue weighted by molar-refractivity contribution is 7.89. The van der Waals surface area contributed by atoms with Crippen LogP contribution in [0.1, 0.15) is 54.1 Å². The Balaban J connectivity index is 1.66. The molecule has 0 aliphatic carbocycles. The fourth-order valence-corrected chi connectivity index (χ4v) is 5.16. The first-order valence-electron chi connectivity index (χ1n) is 10.4. The molecule has 1 heterocycles. The van der Waals surface area contributed by atoms with E-state index in [0.29, 0.717) is 13.1 Å². The average molecular weight is 445 g/mol. The minimum Gasteiger partial charge on any atom is -0.452 e. The van der Waals surface area contributed by atoms with Crippen molar-refractivity contribution in [1.29, 1.82) is 0 Å². The van der Waals surface area contributed by atoms with Crippen molar-refractivity contribution >= 4 is 27.6 Å². The molecule has 0 bridgehead atoms. The van der Waals surface area contributed by atoms with Crippen LogP contribution < -0.4 is 5.32 Å². The molecule has 1 amide bonds. The summed E-state index contributed by atoms with van der Waals surface area (Å²) in [6.45, 7) is 6.47. The predicted molar refractivity (Wildman–Crippen MR) is 119 cm³/mol. The summed E-state index contributed by atoms with van der Waals surface area (Å²) in [5, 5.41) is 2.82. The molecule has 166 valence electrons. The number of sulfonamides is 1. The van der Waals surface area contributed by atoms with Crippen molar-refractivity contribution in [3.63, 3.8) is 0 Å². The SMILES string of the molecule is Cc1cccc(C(C)C)c1NC(=O)COC(=O)c1cccc(S(=O)(=O)N2CCCC2)c1. The smallest absolute Gasteiger partial charge is 0.338 e. The molecule has 0 atom stereocenters. The first-order valence-corrected chi connectivity index (χ1v) is 11.8. The highest BCUT2D eigenvalue weighted by Crippen LogP contribution is 2.27. The third-order valence-electron chi connectivity index (χ3n) is 5.30. The summed E-state index contributed by atoms with van der Waals surface area (Å²) in [4.78, 5) is 24.9. The number of carbonyl (C=O) groups excluding carboxylic acids is 2. The normalized spacial score (nSPS) is 14.6. The molecule has 2 aromatic carbocycles. The fourth-order valence-electron chi connectivity index (χ4n) is 3.59. The molecule has 0 radical (unpaired) electrons. The lowest BCUT2D eigenvalue weighted by molar-refractivity contribution is -0.119. The van der Waals surface area contributed by atoms with Crippen LogP contribution in [0.4, 0.5) is 5.69 Å². The Hall–Kier alpha value is -2.71. The quantitative estimate of drug-likeness (QED) is 0.658. The first kappa shape index (κ1) is 23.0. The van der Waals surface area contributed by atoms with E-state index in [0.717, 1.165) is 29.7 Å². The molecule has 0 aromatic heterocycles. The zero-order valence-corrected chi connectivity index (χ0v) is 18.9. The van der Waals surface area contributed by atoms with E-state index in [-0.39, 0.29) is 16.4 Å². The van der Waals surface area contributed by atoms with E-state index < -0.39 is 28.5 Å². The molecule has 1 fully saturated rings.